The molecule has 14 heavy (non-hydrogen) atoms. The fourth-order valence-electron chi connectivity index (χ4n) is 1.19. The number of hydrogen-bond acceptors (Lipinski definition) is 3. The van der Waals surface area contributed by atoms with Gasteiger partial charge in [0.25, 0.3) is 0 Å². The molecule has 0 saturated heterocycles. The molecule has 0 atom stereocenters. The molecule has 0 bridgehead atoms. The van der Waals surface area contributed by atoms with Crippen LogP contribution in [0.2, 0.25) is 0 Å². The van der Waals surface area contributed by atoms with Crippen LogP contribution in [0.1, 0.15) is 0 Å². The molecule has 4 nitrogen and oxygen atoms in total. The van der Waals surface area contributed by atoms with Gasteiger partial charge < -0.3 is 9.73 Å². The van der Waals surface area contributed by atoms with Gasteiger partial charge in [0, 0.05) is 11.3 Å². The summed E-state index contributed by atoms with van der Waals surface area (Å²) in [5.74, 6) is 0.680. The van der Waals surface area contributed by atoms with Gasteiger partial charge in [-0.2, -0.15) is 0 Å². The monoisotopic (exact) mass is 188 g/mol. The summed E-state index contributed by atoms with van der Waals surface area (Å²) in [6, 6.07) is 7.34. The standard InChI is InChI=1S/C10H8N2O2/c13-6-12-9-3-1-2-8(4-9)10-5-11-7-14-10/h1-7H,(H,12,13). The highest BCUT2D eigenvalue weighted by molar-refractivity contribution is 5.74. The molecule has 2 rings (SSSR count). The van der Waals surface area contributed by atoms with E-state index in [0.717, 1.165) is 11.3 Å². The molecule has 0 aliphatic carbocycles. The Balaban J connectivity index is 2.35. The average Bonchev–Trinajstić information content (AvgIpc) is 2.71. The predicted octanol–water partition coefficient (Wildman–Crippen LogP) is 1.91. The first-order valence-electron chi connectivity index (χ1n) is 4.09. The molecule has 0 aliphatic rings. The molecule has 0 unspecified atom stereocenters. The Hall–Kier alpha value is -2.10. The van der Waals surface area contributed by atoms with Crippen LogP contribution < -0.4 is 5.32 Å². The topological polar surface area (TPSA) is 55.1 Å². The average molecular weight is 188 g/mol. The summed E-state index contributed by atoms with van der Waals surface area (Å²) >= 11 is 0. The zero-order chi connectivity index (χ0) is 9.80. The van der Waals surface area contributed by atoms with Crippen LogP contribution in [0, 0.1) is 0 Å². The largest absolute Gasteiger partial charge is 0.444 e. The maximum Gasteiger partial charge on any atom is 0.211 e. The maximum absolute atomic E-state index is 10.2. The number of aromatic nitrogens is 1. The van der Waals surface area contributed by atoms with E-state index in [-0.39, 0.29) is 0 Å². The van der Waals surface area contributed by atoms with Crippen molar-refractivity contribution in [2.45, 2.75) is 0 Å². The van der Waals surface area contributed by atoms with E-state index in [1.54, 1.807) is 12.3 Å². The number of anilines is 1. The molecular weight excluding hydrogens is 180 g/mol. The van der Waals surface area contributed by atoms with Crippen LogP contribution in [-0.2, 0) is 4.79 Å². The van der Waals surface area contributed by atoms with Crippen molar-refractivity contribution in [1.29, 1.82) is 0 Å². The van der Waals surface area contributed by atoms with E-state index in [0.29, 0.717) is 12.2 Å². The first-order chi connectivity index (χ1) is 6.90. The van der Waals surface area contributed by atoms with E-state index in [2.05, 4.69) is 10.3 Å². The number of amides is 1. The van der Waals surface area contributed by atoms with E-state index in [1.165, 1.54) is 6.39 Å². The third-order valence-electron chi connectivity index (χ3n) is 1.81. The summed E-state index contributed by atoms with van der Waals surface area (Å²) in [6.45, 7) is 0. The summed E-state index contributed by atoms with van der Waals surface area (Å²) in [7, 11) is 0. The van der Waals surface area contributed by atoms with Crippen LogP contribution in [0.4, 0.5) is 5.69 Å². The van der Waals surface area contributed by atoms with Gasteiger partial charge in [-0.15, -0.1) is 0 Å². The Morgan fingerprint density at radius 3 is 3.07 bits per heavy atom. The summed E-state index contributed by atoms with van der Waals surface area (Å²) in [5.41, 5.74) is 1.61. The molecule has 0 fully saturated rings. The van der Waals surface area contributed by atoms with Crippen LogP contribution in [-0.4, -0.2) is 11.4 Å². The zero-order valence-electron chi connectivity index (χ0n) is 7.31. The third kappa shape index (κ3) is 1.64. The van der Waals surface area contributed by atoms with Crippen LogP contribution >= 0.6 is 0 Å². The van der Waals surface area contributed by atoms with Crippen LogP contribution in [0.5, 0.6) is 0 Å². The lowest BCUT2D eigenvalue weighted by atomic mass is 10.1. The van der Waals surface area contributed by atoms with Gasteiger partial charge in [0.1, 0.15) is 0 Å². The highest BCUT2D eigenvalue weighted by atomic mass is 16.3. The summed E-state index contributed by atoms with van der Waals surface area (Å²) in [6.07, 6.45) is 3.63. The second-order valence-electron chi connectivity index (χ2n) is 2.71. The second-order valence-corrected chi connectivity index (χ2v) is 2.71. The second kappa shape index (κ2) is 3.74. The molecule has 0 aliphatic heterocycles. The molecule has 1 heterocycles. The smallest absolute Gasteiger partial charge is 0.211 e. The van der Waals surface area contributed by atoms with Gasteiger partial charge in [-0.05, 0) is 12.1 Å². The molecule has 0 radical (unpaired) electrons. The van der Waals surface area contributed by atoms with E-state index in [9.17, 15) is 4.79 Å². The normalized spacial score (nSPS) is 9.71. The van der Waals surface area contributed by atoms with Crippen LogP contribution in [0.25, 0.3) is 11.3 Å². The Kier molecular flexibility index (Phi) is 2.27. The van der Waals surface area contributed by atoms with Crippen molar-refractivity contribution in [2.75, 3.05) is 5.32 Å². The molecule has 1 aromatic heterocycles. The molecule has 1 N–H and O–H groups in total. The van der Waals surface area contributed by atoms with Gasteiger partial charge in [0.15, 0.2) is 12.2 Å². The minimum absolute atomic E-state index is 0.638. The highest BCUT2D eigenvalue weighted by Gasteiger charge is 2.01. The SMILES string of the molecule is O=CNc1cccc(-c2cnco2)c1. The van der Waals surface area contributed by atoms with Crippen molar-refractivity contribution in [3.63, 3.8) is 0 Å². The fraction of sp³-hybridized carbons (Fsp3) is 0. The molecule has 1 aromatic carbocycles. The number of hydrogen-bond donors (Lipinski definition) is 1. The molecule has 1 amide bonds. The first-order valence-corrected chi connectivity index (χ1v) is 4.09. The van der Waals surface area contributed by atoms with E-state index in [1.807, 2.05) is 18.2 Å². The van der Waals surface area contributed by atoms with Crippen LogP contribution in [0.3, 0.4) is 0 Å². The Morgan fingerprint density at radius 1 is 1.43 bits per heavy atom. The van der Waals surface area contributed by atoms with Gasteiger partial charge in [-0.1, -0.05) is 12.1 Å². The van der Waals surface area contributed by atoms with Crippen molar-refractivity contribution in [2.24, 2.45) is 0 Å². The van der Waals surface area contributed by atoms with Gasteiger partial charge >= 0.3 is 0 Å². The van der Waals surface area contributed by atoms with Crippen molar-refractivity contribution >= 4 is 12.1 Å². The van der Waals surface area contributed by atoms with E-state index < -0.39 is 0 Å². The van der Waals surface area contributed by atoms with Gasteiger partial charge in [-0.3, -0.25) is 4.79 Å². The quantitative estimate of drug-likeness (QED) is 0.748. The van der Waals surface area contributed by atoms with E-state index >= 15 is 0 Å². The Labute approximate surface area is 80.6 Å². The highest BCUT2D eigenvalue weighted by Crippen LogP contribution is 2.21. The van der Waals surface area contributed by atoms with Crippen molar-refractivity contribution in [3.05, 3.63) is 36.9 Å². The molecule has 4 heteroatoms. The summed E-state index contributed by atoms with van der Waals surface area (Å²) in [4.78, 5) is 14.0. The predicted molar refractivity (Wildman–Crippen MR) is 51.6 cm³/mol. The molecule has 70 valence electrons. The molecule has 0 spiro atoms. The van der Waals surface area contributed by atoms with Crippen molar-refractivity contribution in [1.82, 2.24) is 4.98 Å². The lowest BCUT2D eigenvalue weighted by molar-refractivity contribution is -0.105. The number of oxazole rings is 1. The Bertz CT molecular complexity index is 423. The van der Waals surface area contributed by atoms with Gasteiger partial charge in [0.2, 0.25) is 6.41 Å². The molecular formula is C10H8N2O2. The number of carbonyl (C=O) groups excluding carboxylic acids is 1. The van der Waals surface area contributed by atoms with E-state index in [4.69, 9.17) is 4.42 Å². The third-order valence-corrected chi connectivity index (χ3v) is 1.81. The number of benzene rings is 1. The number of nitrogens with one attached hydrogen (secondary N) is 1. The summed E-state index contributed by atoms with van der Waals surface area (Å²) < 4.78 is 5.13. The first kappa shape index (κ1) is 8.50. The number of rotatable bonds is 3. The number of carbonyl (C=O) groups is 1. The lowest BCUT2D eigenvalue weighted by Gasteiger charge is -2.00. The minimum Gasteiger partial charge on any atom is -0.444 e. The Morgan fingerprint density at radius 2 is 2.36 bits per heavy atom. The van der Waals surface area contributed by atoms with Crippen molar-refractivity contribution in [3.8, 4) is 11.3 Å². The zero-order valence-corrected chi connectivity index (χ0v) is 7.31. The van der Waals surface area contributed by atoms with Gasteiger partial charge in [0.05, 0.1) is 6.20 Å². The molecule has 0 saturated carbocycles. The maximum atomic E-state index is 10.2. The van der Waals surface area contributed by atoms with Crippen LogP contribution in [0.15, 0.2) is 41.3 Å². The van der Waals surface area contributed by atoms with Gasteiger partial charge in [-0.25, -0.2) is 4.98 Å². The van der Waals surface area contributed by atoms with Crippen molar-refractivity contribution < 1.29 is 9.21 Å². The number of nitrogens with zero attached hydrogens (tertiary/aromatic N) is 1. The lowest BCUT2D eigenvalue weighted by Crippen LogP contribution is -1.92. The summed E-state index contributed by atoms with van der Waals surface area (Å²) in [5, 5.41) is 2.57. The fourth-order valence-corrected chi connectivity index (χ4v) is 1.19. The molecule has 2 aromatic rings. The minimum atomic E-state index is 0.638.